The summed E-state index contributed by atoms with van der Waals surface area (Å²) in [5, 5.41) is 2.81. The van der Waals surface area contributed by atoms with Crippen LogP contribution in [0.1, 0.15) is 10.4 Å². The van der Waals surface area contributed by atoms with Gasteiger partial charge in [0.05, 0.1) is 36.5 Å². The quantitative estimate of drug-likeness (QED) is 0.598. The molecule has 1 fully saturated rings. The Bertz CT molecular complexity index is 1120. The molecule has 0 spiro atoms. The second-order valence-electron chi connectivity index (χ2n) is 6.63. The number of anilines is 1. The molecule has 0 aromatic heterocycles. The Hall–Kier alpha value is -2.73. The topological polar surface area (TPSA) is 111 Å². The van der Waals surface area contributed by atoms with Crippen molar-refractivity contribution in [1.82, 2.24) is 4.31 Å². The molecule has 0 aliphatic carbocycles. The first-order valence-corrected chi connectivity index (χ1v) is 11.2. The summed E-state index contributed by atoms with van der Waals surface area (Å²) in [4.78, 5) is 24.2. The fourth-order valence-electron chi connectivity index (χ4n) is 2.93. The molecule has 0 bridgehead atoms. The van der Waals surface area contributed by atoms with Gasteiger partial charge in [-0.25, -0.2) is 17.6 Å². The Morgan fingerprint density at radius 1 is 1.19 bits per heavy atom. The highest BCUT2D eigenvalue weighted by molar-refractivity contribution is 7.89. The lowest BCUT2D eigenvalue weighted by molar-refractivity contribution is -0.119. The van der Waals surface area contributed by atoms with Gasteiger partial charge < -0.3 is 19.5 Å². The highest BCUT2D eigenvalue weighted by Crippen LogP contribution is 2.27. The van der Waals surface area contributed by atoms with Crippen molar-refractivity contribution in [3.05, 3.63) is 52.8 Å². The van der Waals surface area contributed by atoms with Gasteiger partial charge >= 0.3 is 5.97 Å². The van der Waals surface area contributed by atoms with Crippen LogP contribution in [0.15, 0.2) is 41.3 Å². The van der Waals surface area contributed by atoms with Crippen LogP contribution in [-0.2, 0) is 24.3 Å². The van der Waals surface area contributed by atoms with E-state index < -0.39 is 39.9 Å². The van der Waals surface area contributed by atoms with Crippen LogP contribution in [-0.4, -0.2) is 64.6 Å². The average molecular weight is 487 g/mol. The normalized spacial score (nSPS) is 14.6. The van der Waals surface area contributed by atoms with Gasteiger partial charge in [-0.3, -0.25) is 4.79 Å². The molecule has 1 heterocycles. The van der Waals surface area contributed by atoms with Crippen LogP contribution in [0.4, 0.5) is 10.1 Å². The van der Waals surface area contributed by atoms with Gasteiger partial charge in [0, 0.05) is 18.1 Å². The number of rotatable bonds is 7. The number of hydrogen-bond acceptors (Lipinski definition) is 7. The highest BCUT2D eigenvalue weighted by Gasteiger charge is 2.28. The van der Waals surface area contributed by atoms with Gasteiger partial charge in [0.25, 0.3) is 5.91 Å². The number of hydrogen-bond donors (Lipinski definition) is 1. The number of nitrogens with zero attached hydrogens (tertiary/aromatic N) is 1. The van der Waals surface area contributed by atoms with Crippen LogP contribution in [0, 0.1) is 5.82 Å². The fraction of sp³-hybridized carbons (Fsp3) is 0.300. The summed E-state index contributed by atoms with van der Waals surface area (Å²) in [5.41, 5.74) is -0.349. The summed E-state index contributed by atoms with van der Waals surface area (Å²) in [6.07, 6.45) is 0. The third kappa shape index (κ3) is 5.54. The van der Waals surface area contributed by atoms with E-state index in [0.717, 1.165) is 18.2 Å². The molecule has 172 valence electrons. The third-order valence-corrected chi connectivity index (χ3v) is 6.67. The van der Waals surface area contributed by atoms with Gasteiger partial charge in [-0.2, -0.15) is 4.31 Å². The maximum atomic E-state index is 14.2. The number of carbonyl (C=O) groups is 2. The van der Waals surface area contributed by atoms with E-state index in [0.29, 0.717) is 10.8 Å². The maximum Gasteiger partial charge on any atom is 0.341 e. The van der Waals surface area contributed by atoms with Crippen LogP contribution in [0.25, 0.3) is 0 Å². The Balaban J connectivity index is 1.69. The van der Waals surface area contributed by atoms with Crippen molar-refractivity contribution >= 4 is 39.2 Å². The minimum Gasteiger partial charge on any atom is -0.495 e. The van der Waals surface area contributed by atoms with E-state index in [1.165, 1.54) is 17.5 Å². The third-order valence-electron chi connectivity index (χ3n) is 4.54. The molecular weight excluding hydrogens is 467 g/mol. The van der Waals surface area contributed by atoms with Crippen molar-refractivity contribution in [3.63, 3.8) is 0 Å². The lowest BCUT2D eigenvalue weighted by atomic mass is 10.2. The van der Waals surface area contributed by atoms with Crippen molar-refractivity contribution in [2.24, 2.45) is 0 Å². The molecule has 12 heteroatoms. The largest absolute Gasteiger partial charge is 0.495 e. The summed E-state index contributed by atoms with van der Waals surface area (Å²) in [5.74, 6) is -2.56. The van der Waals surface area contributed by atoms with E-state index >= 15 is 0 Å². The zero-order chi connectivity index (χ0) is 23.3. The van der Waals surface area contributed by atoms with Gasteiger partial charge in [-0.05, 0) is 36.4 Å². The van der Waals surface area contributed by atoms with Gasteiger partial charge in [0.1, 0.15) is 11.6 Å². The smallest absolute Gasteiger partial charge is 0.341 e. The number of esters is 1. The molecule has 2 aromatic rings. The Kier molecular flexibility index (Phi) is 7.67. The first-order chi connectivity index (χ1) is 15.2. The molecule has 1 saturated heterocycles. The number of morpholine rings is 1. The van der Waals surface area contributed by atoms with Crippen LogP contribution < -0.4 is 10.1 Å². The molecule has 0 saturated carbocycles. The molecule has 0 radical (unpaired) electrons. The van der Waals surface area contributed by atoms with Gasteiger partial charge in [0.2, 0.25) is 10.0 Å². The van der Waals surface area contributed by atoms with E-state index in [1.54, 1.807) is 12.1 Å². The summed E-state index contributed by atoms with van der Waals surface area (Å²) in [7, 11) is -2.54. The van der Waals surface area contributed by atoms with E-state index in [9.17, 15) is 22.4 Å². The average Bonchev–Trinajstić information content (AvgIpc) is 2.78. The minimum atomic E-state index is -3.95. The standard InChI is InChI=1S/C20H20ClFN2O7S/c1-29-18-5-2-13(21)10-17(18)23-19(25)12-31-20(26)15-11-14(3-4-16(15)22)32(27,28)24-6-8-30-9-7-24/h2-5,10-11H,6-9,12H2,1H3,(H,23,25). The molecule has 2 aromatic carbocycles. The molecule has 1 aliphatic rings. The lowest BCUT2D eigenvalue weighted by Crippen LogP contribution is -2.40. The number of ether oxygens (including phenoxy) is 3. The number of halogens is 2. The first-order valence-electron chi connectivity index (χ1n) is 9.40. The van der Waals surface area contributed by atoms with Crippen molar-refractivity contribution in [2.75, 3.05) is 45.3 Å². The molecule has 3 rings (SSSR count). The van der Waals surface area contributed by atoms with Crippen molar-refractivity contribution in [2.45, 2.75) is 4.90 Å². The molecule has 32 heavy (non-hydrogen) atoms. The molecule has 1 aliphatic heterocycles. The number of sulfonamides is 1. The van der Waals surface area contributed by atoms with Crippen LogP contribution in [0.3, 0.4) is 0 Å². The Morgan fingerprint density at radius 2 is 1.91 bits per heavy atom. The van der Waals surface area contributed by atoms with E-state index in [1.807, 2.05) is 0 Å². The van der Waals surface area contributed by atoms with Crippen LogP contribution >= 0.6 is 11.6 Å². The van der Waals surface area contributed by atoms with Gasteiger partial charge in [0.15, 0.2) is 6.61 Å². The fourth-order valence-corrected chi connectivity index (χ4v) is 4.54. The van der Waals surface area contributed by atoms with Crippen molar-refractivity contribution < 1.29 is 36.6 Å². The molecule has 9 nitrogen and oxygen atoms in total. The SMILES string of the molecule is COc1ccc(Cl)cc1NC(=O)COC(=O)c1cc(S(=O)(=O)N2CCOCC2)ccc1F. The summed E-state index contributed by atoms with van der Waals surface area (Å²) in [6, 6.07) is 7.37. The molecule has 0 unspecified atom stereocenters. The van der Waals surface area contributed by atoms with E-state index in [2.05, 4.69) is 5.32 Å². The van der Waals surface area contributed by atoms with E-state index in [4.69, 9.17) is 25.8 Å². The Morgan fingerprint density at radius 3 is 2.59 bits per heavy atom. The first kappa shape index (κ1) is 23.9. The summed E-state index contributed by atoms with van der Waals surface area (Å²) in [6.45, 7) is 0.0251. The lowest BCUT2D eigenvalue weighted by Gasteiger charge is -2.26. The van der Waals surface area contributed by atoms with Gasteiger partial charge in [-0.15, -0.1) is 0 Å². The molecule has 1 N–H and O–H groups in total. The summed E-state index contributed by atoms with van der Waals surface area (Å²) >= 11 is 5.90. The molecule has 0 atom stereocenters. The second kappa shape index (κ2) is 10.3. The minimum absolute atomic E-state index is 0.145. The summed E-state index contributed by atoms with van der Waals surface area (Å²) < 4.78 is 56.0. The predicted molar refractivity (Wildman–Crippen MR) is 113 cm³/mol. The van der Waals surface area contributed by atoms with Crippen molar-refractivity contribution in [3.8, 4) is 5.75 Å². The molecular formula is C20H20ClFN2O7S. The zero-order valence-electron chi connectivity index (χ0n) is 17.0. The highest BCUT2D eigenvalue weighted by atomic mass is 35.5. The predicted octanol–water partition coefficient (Wildman–Crippen LogP) is 2.30. The Labute approximate surface area is 189 Å². The number of methoxy groups -OCH3 is 1. The number of amides is 1. The number of nitrogens with one attached hydrogen (secondary N) is 1. The number of carbonyl (C=O) groups excluding carboxylic acids is 2. The monoisotopic (exact) mass is 486 g/mol. The van der Waals surface area contributed by atoms with E-state index in [-0.39, 0.29) is 36.9 Å². The second-order valence-corrected chi connectivity index (χ2v) is 9.00. The van der Waals surface area contributed by atoms with Gasteiger partial charge in [-0.1, -0.05) is 11.6 Å². The van der Waals surface area contributed by atoms with Crippen molar-refractivity contribution in [1.29, 1.82) is 0 Å². The molecule has 1 amide bonds. The maximum absolute atomic E-state index is 14.2. The van der Waals surface area contributed by atoms with Crippen LogP contribution in [0.2, 0.25) is 5.02 Å². The zero-order valence-corrected chi connectivity index (χ0v) is 18.5. The number of benzene rings is 2. The van der Waals surface area contributed by atoms with Crippen LogP contribution in [0.5, 0.6) is 5.75 Å².